The quantitative estimate of drug-likeness (QED) is 0.891. The summed E-state index contributed by atoms with van der Waals surface area (Å²) in [5.74, 6) is -0.623. The lowest BCUT2D eigenvalue weighted by atomic mass is 10.1. The molecule has 0 heterocycles. The molecule has 2 unspecified atom stereocenters. The molecule has 0 aliphatic carbocycles. The highest BCUT2D eigenvalue weighted by Gasteiger charge is 2.12. The van der Waals surface area contributed by atoms with Crippen molar-refractivity contribution in [1.82, 2.24) is 5.32 Å². The van der Waals surface area contributed by atoms with Crippen LogP contribution in [0.1, 0.15) is 22.8 Å². The zero-order chi connectivity index (χ0) is 13.0. The topological polar surface area (TPSA) is 46.2 Å². The number of rotatable bonds is 4. The molecule has 0 bridgehead atoms. The van der Waals surface area contributed by atoms with Gasteiger partial charge in [0.05, 0.1) is 0 Å². The van der Waals surface area contributed by atoms with Crippen molar-refractivity contribution in [2.45, 2.75) is 19.1 Å². The number of nitrogens with one attached hydrogen (secondary N) is 1. The Balaban J connectivity index is 2.67. The largest absolute Gasteiger partial charge is 0.351 e. The Morgan fingerprint density at radius 3 is 2.71 bits per heavy atom. The molecule has 17 heavy (non-hydrogen) atoms. The van der Waals surface area contributed by atoms with Crippen LogP contribution in [0.2, 0.25) is 0 Å². The van der Waals surface area contributed by atoms with Gasteiger partial charge in [0.1, 0.15) is 5.82 Å². The second kappa shape index (κ2) is 5.91. The van der Waals surface area contributed by atoms with Crippen LogP contribution >= 0.6 is 0 Å². The summed E-state index contributed by atoms with van der Waals surface area (Å²) >= 11 is 0. The van der Waals surface area contributed by atoms with Crippen LogP contribution in [-0.4, -0.2) is 28.2 Å². The van der Waals surface area contributed by atoms with Crippen LogP contribution in [0.5, 0.6) is 0 Å². The van der Waals surface area contributed by atoms with Crippen molar-refractivity contribution in [3.63, 3.8) is 0 Å². The molecule has 3 nitrogen and oxygen atoms in total. The van der Waals surface area contributed by atoms with Gasteiger partial charge in [0.25, 0.3) is 5.91 Å². The molecule has 1 rings (SSSR count). The van der Waals surface area contributed by atoms with Crippen molar-refractivity contribution in [1.29, 1.82) is 0 Å². The number of carbonyl (C=O) groups excluding carboxylic acids is 1. The normalized spacial score (nSPS) is 14.1. The standard InChI is InChI=1S/C12H16FNO2S/c1-8-6-10(13)4-5-11(8)12(15)14-7-9(2)17(3)16/h4-6,9H,7H2,1-3H3,(H,14,15). The summed E-state index contributed by atoms with van der Waals surface area (Å²) in [5, 5.41) is 2.59. The van der Waals surface area contributed by atoms with E-state index in [1.54, 1.807) is 20.1 Å². The fraction of sp³-hybridized carbons (Fsp3) is 0.417. The third-order valence-electron chi connectivity index (χ3n) is 2.55. The van der Waals surface area contributed by atoms with E-state index in [-0.39, 0.29) is 17.0 Å². The van der Waals surface area contributed by atoms with E-state index in [1.807, 2.05) is 0 Å². The molecular formula is C12H16FNO2S. The Labute approximate surface area is 103 Å². The van der Waals surface area contributed by atoms with E-state index in [4.69, 9.17) is 0 Å². The van der Waals surface area contributed by atoms with Crippen molar-refractivity contribution in [2.75, 3.05) is 12.8 Å². The molecule has 0 fully saturated rings. The maximum Gasteiger partial charge on any atom is 0.251 e. The first-order chi connectivity index (χ1) is 7.91. The summed E-state index contributed by atoms with van der Waals surface area (Å²) < 4.78 is 24.0. The third kappa shape index (κ3) is 3.93. The number of amides is 1. The van der Waals surface area contributed by atoms with E-state index in [1.165, 1.54) is 18.2 Å². The molecule has 0 saturated carbocycles. The minimum absolute atomic E-state index is 0.0975. The molecule has 0 aliphatic rings. The number of carbonyl (C=O) groups is 1. The van der Waals surface area contributed by atoms with Gasteiger partial charge in [-0.3, -0.25) is 9.00 Å². The second-order valence-corrected chi connectivity index (χ2v) is 5.78. The summed E-state index contributed by atoms with van der Waals surface area (Å²) in [6, 6.07) is 4.02. The molecule has 0 aliphatic heterocycles. The van der Waals surface area contributed by atoms with Gasteiger partial charge < -0.3 is 5.32 Å². The van der Waals surface area contributed by atoms with E-state index >= 15 is 0 Å². The number of hydrogen-bond donors (Lipinski definition) is 1. The van der Waals surface area contributed by atoms with E-state index in [0.29, 0.717) is 17.7 Å². The van der Waals surface area contributed by atoms with Crippen LogP contribution < -0.4 is 5.32 Å². The maximum atomic E-state index is 12.9. The molecule has 1 N–H and O–H groups in total. The molecule has 0 aromatic heterocycles. The Hall–Kier alpha value is -1.23. The summed E-state index contributed by atoms with van der Waals surface area (Å²) in [6.45, 7) is 3.83. The summed E-state index contributed by atoms with van der Waals surface area (Å²) in [4.78, 5) is 11.8. The van der Waals surface area contributed by atoms with E-state index < -0.39 is 10.8 Å². The highest BCUT2D eigenvalue weighted by atomic mass is 32.2. The molecule has 0 spiro atoms. The van der Waals surface area contributed by atoms with Gasteiger partial charge in [0.2, 0.25) is 0 Å². The van der Waals surface area contributed by atoms with Crippen LogP contribution in [0.4, 0.5) is 4.39 Å². The lowest BCUT2D eigenvalue weighted by molar-refractivity contribution is 0.0953. The van der Waals surface area contributed by atoms with Gasteiger partial charge in [0, 0.05) is 34.4 Å². The highest BCUT2D eigenvalue weighted by Crippen LogP contribution is 2.09. The summed E-state index contributed by atoms with van der Waals surface area (Å²) in [6.07, 6.45) is 1.60. The lowest BCUT2D eigenvalue weighted by Crippen LogP contribution is -2.32. The number of benzene rings is 1. The van der Waals surface area contributed by atoms with Crippen molar-refractivity contribution < 1.29 is 13.4 Å². The monoisotopic (exact) mass is 257 g/mol. The van der Waals surface area contributed by atoms with Crippen molar-refractivity contribution in [3.05, 3.63) is 35.1 Å². The van der Waals surface area contributed by atoms with Crippen LogP contribution in [0.3, 0.4) is 0 Å². The molecule has 1 aromatic rings. The molecular weight excluding hydrogens is 241 g/mol. The van der Waals surface area contributed by atoms with E-state index in [9.17, 15) is 13.4 Å². The van der Waals surface area contributed by atoms with Crippen LogP contribution in [-0.2, 0) is 10.8 Å². The van der Waals surface area contributed by atoms with Gasteiger partial charge in [-0.15, -0.1) is 0 Å². The van der Waals surface area contributed by atoms with Gasteiger partial charge in [0.15, 0.2) is 0 Å². The van der Waals surface area contributed by atoms with Gasteiger partial charge in [-0.1, -0.05) is 0 Å². The van der Waals surface area contributed by atoms with Crippen LogP contribution in [0.25, 0.3) is 0 Å². The van der Waals surface area contributed by atoms with Crippen molar-refractivity contribution in [2.24, 2.45) is 0 Å². The molecule has 1 amide bonds. The first-order valence-electron chi connectivity index (χ1n) is 5.28. The SMILES string of the molecule is Cc1cc(F)ccc1C(=O)NCC(C)S(C)=O. The van der Waals surface area contributed by atoms with Gasteiger partial charge in [-0.25, -0.2) is 4.39 Å². The lowest BCUT2D eigenvalue weighted by Gasteiger charge is -2.11. The minimum Gasteiger partial charge on any atom is -0.351 e. The number of hydrogen-bond acceptors (Lipinski definition) is 2. The molecule has 0 saturated heterocycles. The summed E-state index contributed by atoms with van der Waals surface area (Å²) in [7, 11) is -0.967. The zero-order valence-electron chi connectivity index (χ0n) is 10.1. The van der Waals surface area contributed by atoms with E-state index in [2.05, 4.69) is 5.32 Å². The molecule has 1 aromatic carbocycles. The predicted octanol–water partition coefficient (Wildman–Crippen LogP) is 1.63. The Bertz CT molecular complexity index is 448. The Morgan fingerprint density at radius 2 is 2.18 bits per heavy atom. The molecule has 2 atom stereocenters. The van der Waals surface area contributed by atoms with Gasteiger partial charge in [-0.2, -0.15) is 0 Å². The van der Waals surface area contributed by atoms with Crippen molar-refractivity contribution in [3.8, 4) is 0 Å². The zero-order valence-corrected chi connectivity index (χ0v) is 10.9. The van der Waals surface area contributed by atoms with Gasteiger partial charge in [-0.05, 0) is 37.6 Å². The average Bonchev–Trinajstić information content (AvgIpc) is 2.25. The van der Waals surface area contributed by atoms with Crippen LogP contribution in [0, 0.1) is 12.7 Å². The minimum atomic E-state index is -0.967. The number of aryl methyl sites for hydroxylation is 1. The molecule has 94 valence electrons. The second-order valence-electron chi connectivity index (χ2n) is 3.98. The first-order valence-corrected chi connectivity index (χ1v) is 6.90. The Kier molecular flexibility index (Phi) is 4.81. The molecule has 0 radical (unpaired) electrons. The fourth-order valence-corrected chi connectivity index (χ4v) is 1.65. The van der Waals surface area contributed by atoms with Gasteiger partial charge >= 0.3 is 0 Å². The molecule has 5 heteroatoms. The average molecular weight is 257 g/mol. The smallest absolute Gasteiger partial charge is 0.251 e. The predicted molar refractivity (Wildman–Crippen MR) is 67.0 cm³/mol. The van der Waals surface area contributed by atoms with Crippen molar-refractivity contribution >= 4 is 16.7 Å². The third-order valence-corrected chi connectivity index (χ3v) is 3.85. The first kappa shape index (κ1) is 13.8. The highest BCUT2D eigenvalue weighted by molar-refractivity contribution is 7.84. The maximum absolute atomic E-state index is 12.9. The number of halogens is 1. The fourth-order valence-electron chi connectivity index (χ4n) is 1.33. The summed E-state index contributed by atoms with van der Waals surface area (Å²) in [5.41, 5.74) is 1.04. The van der Waals surface area contributed by atoms with E-state index in [0.717, 1.165) is 0 Å². The Morgan fingerprint density at radius 1 is 1.53 bits per heavy atom. The van der Waals surface area contributed by atoms with Crippen LogP contribution in [0.15, 0.2) is 18.2 Å².